The van der Waals surface area contributed by atoms with Gasteiger partial charge in [-0.25, -0.2) is 4.79 Å². The van der Waals surface area contributed by atoms with Crippen molar-refractivity contribution < 1.29 is 29.1 Å². The zero-order chi connectivity index (χ0) is 27.7. The van der Waals surface area contributed by atoms with Crippen LogP contribution in [-0.4, -0.2) is 52.8 Å². The zero-order valence-electron chi connectivity index (χ0n) is 21.6. The predicted octanol–water partition coefficient (Wildman–Crippen LogP) is 2.13. The summed E-state index contributed by atoms with van der Waals surface area (Å²) in [5, 5.41) is 18.2. The third-order valence-corrected chi connectivity index (χ3v) is 6.24. The molecule has 2 rings (SSSR count). The molecule has 2 unspecified atom stereocenters. The first kappa shape index (κ1) is 29.3. The highest BCUT2D eigenvalue weighted by Crippen LogP contribution is 2.17. The lowest BCUT2D eigenvalue weighted by Crippen LogP contribution is -2.57. The monoisotopic (exact) mass is 512 g/mol. The van der Waals surface area contributed by atoms with Gasteiger partial charge in [0.1, 0.15) is 12.1 Å². The number of hydrogen-bond donors (Lipinski definition) is 5. The number of hydrogen-bond acceptors (Lipinski definition) is 5. The van der Waals surface area contributed by atoms with Crippen molar-refractivity contribution in [3.8, 4) is 0 Å². The Labute approximate surface area is 216 Å². The molecule has 200 valence electrons. The maximum atomic E-state index is 13.1. The smallest absolute Gasteiger partial charge is 0.405 e. The van der Waals surface area contributed by atoms with E-state index in [1.807, 2.05) is 56.3 Å². The molecular formula is C27H36N4O6. The molecule has 37 heavy (non-hydrogen) atoms. The van der Waals surface area contributed by atoms with Crippen molar-refractivity contribution in [1.29, 1.82) is 0 Å². The number of ketones is 1. The maximum absolute atomic E-state index is 13.1. The second-order valence-electron chi connectivity index (χ2n) is 9.68. The maximum Gasteiger partial charge on any atom is 0.405 e. The zero-order valence-corrected chi connectivity index (χ0v) is 21.6. The van der Waals surface area contributed by atoms with Crippen LogP contribution >= 0.6 is 0 Å². The van der Waals surface area contributed by atoms with E-state index in [-0.39, 0.29) is 18.8 Å². The van der Waals surface area contributed by atoms with E-state index < -0.39 is 53.6 Å². The number of primary amides is 1. The van der Waals surface area contributed by atoms with Gasteiger partial charge in [0.25, 0.3) is 5.91 Å². The molecule has 10 heteroatoms. The van der Waals surface area contributed by atoms with Crippen LogP contribution in [0.3, 0.4) is 0 Å². The van der Waals surface area contributed by atoms with Crippen LogP contribution < -0.4 is 21.7 Å². The summed E-state index contributed by atoms with van der Waals surface area (Å²) in [6.45, 7) is 7.14. The lowest BCUT2D eigenvalue weighted by molar-refractivity contribution is -0.142. The third kappa shape index (κ3) is 8.59. The highest BCUT2D eigenvalue weighted by molar-refractivity contribution is 6.39. The molecule has 0 fully saturated rings. The Bertz CT molecular complexity index is 1150. The Balaban J connectivity index is 2.18. The summed E-state index contributed by atoms with van der Waals surface area (Å²) >= 11 is 0. The average Bonchev–Trinajstić information content (AvgIpc) is 2.84. The molecule has 6 N–H and O–H groups in total. The van der Waals surface area contributed by atoms with Gasteiger partial charge in [0.05, 0.1) is 6.04 Å². The Morgan fingerprint density at radius 2 is 1.54 bits per heavy atom. The van der Waals surface area contributed by atoms with Crippen LogP contribution in [0, 0.1) is 11.8 Å². The fourth-order valence-corrected chi connectivity index (χ4v) is 4.00. The Morgan fingerprint density at radius 3 is 2.11 bits per heavy atom. The minimum absolute atomic E-state index is 0.00456. The van der Waals surface area contributed by atoms with Gasteiger partial charge in [0.15, 0.2) is 0 Å². The Kier molecular flexibility index (Phi) is 10.6. The first-order valence-corrected chi connectivity index (χ1v) is 12.3. The minimum Gasteiger partial charge on any atom is -0.465 e. The van der Waals surface area contributed by atoms with Gasteiger partial charge in [-0.1, -0.05) is 76.6 Å². The number of fused-ring (bicyclic) bond motifs is 1. The summed E-state index contributed by atoms with van der Waals surface area (Å²) in [5.41, 5.74) is 6.27. The number of amides is 4. The van der Waals surface area contributed by atoms with Crippen LogP contribution in [0.15, 0.2) is 42.5 Å². The van der Waals surface area contributed by atoms with E-state index in [4.69, 9.17) is 10.8 Å². The summed E-state index contributed by atoms with van der Waals surface area (Å²) in [7, 11) is 0. The minimum atomic E-state index is -1.37. The quantitative estimate of drug-likeness (QED) is 0.258. The van der Waals surface area contributed by atoms with Crippen LogP contribution in [0.25, 0.3) is 10.8 Å². The molecule has 10 nitrogen and oxygen atoms in total. The van der Waals surface area contributed by atoms with Gasteiger partial charge in [0, 0.05) is 6.42 Å². The molecular weight excluding hydrogens is 476 g/mol. The van der Waals surface area contributed by atoms with E-state index in [0.29, 0.717) is 6.42 Å². The normalized spacial score (nSPS) is 14.3. The topological polar surface area (TPSA) is 168 Å². The molecule has 2 aromatic carbocycles. The summed E-state index contributed by atoms with van der Waals surface area (Å²) in [5.74, 6) is -3.94. The van der Waals surface area contributed by atoms with E-state index in [1.165, 1.54) is 0 Å². The molecule has 0 saturated carbocycles. The lowest BCUT2D eigenvalue weighted by atomic mass is 9.93. The van der Waals surface area contributed by atoms with Gasteiger partial charge in [-0.2, -0.15) is 0 Å². The molecule has 0 spiro atoms. The molecule has 0 aliphatic carbocycles. The Morgan fingerprint density at radius 1 is 0.892 bits per heavy atom. The number of Topliss-reactive ketones (excluding diaryl/α,β-unsaturated/α-hetero) is 1. The number of nitrogens with one attached hydrogen (secondary N) is 3. The molecule has 0 aliphatic rings. The molecule has 2 aromatic rings. The summed E-state index contributed by atoms with van der Waals surface area (Å²) in [4.78, 5) is 62.1. The van der Waals surface area contributed by atoms with Crippen molar-refractivity contribution in [3.63, 3.8) is 0 Å². The number of carbonyl (C=O) groups excluding carboxylic acids is 4. The average molecular weight is 513 g/mol. The third-order valence-electron chi connectivity index (χ3n) is 6.24. The molecule has 0 heterocycles. The summed E-state index contributed by atoms with van der Waals surface area (Å²) in [6, 6.07) is 9.82. The molecule has 0 radical (unpaired) electrons. The van der Waals surface area contributed by atoms with Crippen molar-refractivity contribution in [3.05, 3.63) is 48.0 Å². The van der Waals surface area contributed by atoms with Crippen LogP contribution in [0.1, 0.15) is 46.1 Å². The number of benzene rings is 2. The van der Waals surface area contributed by atoms with Gasteiger partial charge < -0.3 is 26.8 Å². The SMILES string of the molecule is CC[C@H](C)C(NC(=O)[C@H](CC(C)C)NC(=O)O)C(=O)C(=O)NC(Cc1ccc2ccccc2c1)C(N)=O. The summed E-state index contributed by atoms with van der Waals surface area (Å²) in [6.07, 6.45) is -0.621. The van der Waals surface area contributed by atoms with Crippen molar-refractivity contribution in [1.82, 2.24) is 16.0 Å². The van der Waals surface area contributed by atoms with E-state index in [0.717, 1.165) is 16.3 Å². The molecule has 4 amide bonds. The molecule has 0 aliphatic heterocycles. The van der Waals surface area contributed by atoms with Crippen molar-refractivity contribution in [2.24, 2.45) is 17.6 Å². The van der Waals surface area contributed by atoms with Crippen molar-refractivity contribution >= 4 is 40.4 Å². The predicted molar refractivity (Wildman–Crippen MR) is 140 cm³/mol. The van der Waals surface area contributed by atoms with E-state index in [9.17, 15) is 24.0 Å². The van der Waals surface area contributed by atoms with Crippen molar-refractivity contribution in [2.45, 2.75) is 65.1 Å². The van der Waals surface area contributed by atoms with Crippen LogP contribution in [0.4, 0.5) is 4.79 Å². The van der Waals surface area contributed by atoms with E-state index in [1.54, 1.807) is 13.8 Å². The highest BCUT2D eigenvalue weighted by atomic mass is 16.4. The number of rotatable bonds is 13. The van der Waals surface area contributed by atoms with Crippen LogP contribution in [0.2, 0.25) is 0 Å². The molecule has 4 atom stereocenters. The number of nitrogens with two attached hydrogens (primary N) is 1. The standard InChI is InChI=1S/C27H36N4O6/c1-5-16(4)22(31-25(34)21(12-15(2)3)30-27(36)37)23(32)26(35)29-20(24(28)33)14-17-10-11-18-8-6-7-9-19(18)13-17/h6-11,13,15-16,20-22,30H,5,12,14H2,1-4H3,(H2,28,33)(H,29,35)(H,31,34)(H,36,37)/t16-,20?,21-,22?/m0/s1. The van der Waals surface area contributed by atoms with Gasteiger partial charge in [0.2, 0.25) is 17.6 Å². The lowest BCUT2D eigenvalue weighted by Gasteiger charge is -2.26. The number of carbonyl (C=O) groups is 5. The van der Waals surface area contributed by atoms with Gasteiger partial charge >= 0.3 is 6.09 Å². The fourth-order valence-electron chi connectivity index (χ4n) is 4.00. The Hall–Kier alpha value is -3.95. The fraction of sp³-hybridized carbons (Fsp3) is 0.444. The molecule has 0 aromatic heterocycles. The van der Waals surface area contributed by atoms with Crippen molar-refractivity contribution in [2.75, 3.05) is 0 Å². The van der Waals surface area contributed by atoms with Gasteiger partial charge in [-0.05, 0) is 34.6 Å². The highest BCUT2D eigenvalue weighted by Gasteiger charge is 2.34. The van der Waals surface area contributed by atoms with Gasteiger partial charge in [-0.15, -0.1) is 0 Å². The summed E-state index contributed by atoms with van der Waals surface area (Å²) < 4.78 is 0. The first-order valence-electron chi connectivity index (χ1n) is 12.3. The van der Waals surface area contributed by atoms with Crippen LogP contribution in [0.5, 0.6) is 0 Å². The van der Waals surface area contributed by atoms with E-state index in [2.05, 4.69) is 16.0 Å². The second-order valence-corrected chi connectivity index (χ2v) is 9.68. The molecule has 0 bridgehead atoms. The largest absolute Gasteiger partial charge is 0.465 e. The molecule has 0 saturated heterocycles. The number of carboxylic acid groups (broad SMARTS) is 1. The second kappa shape index (κ2) is 13.4. The van der Waals surface area contributed by atoms with Gasteiger partial charge in [-0.3, -0.25) is 19.2 Å². The van der Waals surface area contributed by atoms with E-state index >= 15 is 0 Å². The first-order chi connectivity index (χ1) is 17.4. The van der Waals surface area contributed by atoms with Crippen LogP contribution in [-0.2, 0) is 25.6 Å².